The van der Waals surface area contributed by atoms with E-state index in [1.54, 1.807) is 0 Å². The van der Waals surface area contributed by atoms with E-state index in [2.05, 4.69) is 8.83 Å². The topological polar surface area (TPSA) is 116 Å². The van der Waals surface area contributed by atoms with Crippen LogP contribution in [0.4, 0.5) is 5.69 Å². The Labute approximate surface area is 107 Å². The molecule has 0 amide bonds. The lowest BCUT2D eigenvalue weighted by molar-refractivity contribution is 0.0439. The number of carbonyl (C=O) groups is 1. The number of phenols is 1. The normalized spacial score (nSPS) is 10.4. The molecule has 0 spiro atoms. The summed E-state index contributed by atoms with van der Waals surface area (Å²) in [6.45, 7) is 1.25. The second-order valence-corrected chi connectivity index (χ2v) is 3.79. The Morgan fingerprint density at radius 1 is 1.42 bits per heavy atom. The van der Waals surface area contributed by atoms with Gasteiger partial charge in [0.1, 0.15) is 11.3 Å². The Hall–Kier alpha value is -2.70. The Kier molecular flexibility index (Phi) is 3.28. The molecule has 2 aromatic rings. The summed E-state index contributed by atoms with van der Waals surface area (Å²) in [6, 6.07) is 4.03. The number of hydrogen-bond donors (Lipinski definition) is 2. The van der Waals surface area contributed by atoms with Crippen LogP contribution < -0.4 is 11.6 Å². The molecule has 3 N–H and O–H groups in total. The van der Waals surface area contributed by atoms with Crippen LogP contribution in [0, 0.1) is 6.92 Å². The van der Waals surface area contributed by atoms with Crippen molar-refractivity contribution < 1.29 is 23.5 Å². The van der Waals surface area contributed by atoms with Crippen molar-refractivity contribution >= 4 is 11.7 Å². The molecule has 0 saturated heterocycles. The molecular formula is C12H11NO6. The van der Waals surface area contributed by atoms with E-state index in [0.717, 1.165) is 0 Å². The first-order valence-corrected chi connectivity index (χ1v) is 5.32. The Morgan fingerprint density at radius 2 is 2.16 bits per heavy atom. The van der Waals surface area contributed by atoms with Gasteiger partial charge < -0.3 is 24.4 Å². The minimum absolute atomic E-state index is 0.0299. The maximum absolute atomic E-state index is 11.7. The van der Waals surface area contributed by atoms with Gasteiger partial charge in [0.25, 0.3) is 0 Å². The zero-order valence-corrected chi connectivity index (χ0v) is 10.0. The average molecular weight is 265 g/mol. The minimum atomic E-state index is -0.862. The van der Waals surface area contributed by atoms with E-state index in [-0.39, 0.29) is 29.4 Å². The van der Waals surface area contributed by atoms with Crippen LogP contribution in [0.5, 0.6) is 5.75 Å². The number of nitrogen functional groups attached to an aromatic ring is 1. The van der Waals surface area contributed by atoms with Crippen LogP contribution in [0.15, 0.2) is 31.8 Å². The van der Waals surface area contributed by atoms with Crippen LogP contribution in [-0.2, 0) is 11.3 Å². The van der Waals surface area contributed by atoms with Crippen molar-refractivity contribution in [3.05, 3.63) is 45.9 Å². The number of ether oxygens (including phenoxy) is 1. The SMILES string of the molecule is Cc1oc(=O)oc1COC(=O)c1ccc(N)cc1O. The van der Waals surface area contributed by atoms with Crippen molar-refractivity contribution in [3.63, 3.8) is 0 Å². The lowest BCUT2D eigenvalue weighted by Crippen LogP contribution is -2.06. The Morgan fingerprint density at radius 3 is 2.74 bits per heavy atom. The van der Waals surface area contributed by atoms with Gasteiger partial charge in [-0.3, -0.25) is 0 Å². The molecule has 0 radical (unpaired) electrons. The molecule has 0 fully saturated rings. The first kappa shape index (κ1) is 12.7. The fourth-order valence-corrected chi connectivity index (χ4v) is 1.44. The Bertz CT molecular complexity index is 669. The van der Waals surface area contributed by atoms with Crippen LogP contribution in [0.2, 0.25) is 0 Å². The van der Waals surface area contributed by atoms with Gasteiger partial charge in [0, 0.05) is 11.8 Å². The number of esters is 1. The van der Waals surface area contributed by atoms with E-state index in [4.69, 9.17) is 10.5 Å². The number of aryl methyl sites for hydroxylation is 1. The van der Waals surface area contributed by atoms with Gasteiger partial charge in [-0.15, -0.1) is 0 Å². The molecule has 1 aromatic heterocycles. The molecule has 0 saturated carbocycles. The smallest absolute Gasteiger partial charge is 0.507 e. The highest BCUT2D eigenvalue weighted by Crippen LogP contribution is 2.21. The summed E-state index contributed by atoms with van der Waals surface area (Å²) in [7, 11) is 0. The van der Waals surface area contributed by atoms with Gasteiger partial charge in [-0.25, -0.2) is 9.59 Å². The predicted octanol–water partition coefficient (Wildman–Crippen LogP) is 1.19. The summed E-state index contributed by atoms with van der Waals surface area (Å²) in [5.41, 5.74) is 5.74. The summed E-state index contributed by atoms with van der Waals surface area (Å²) in [5, 5.41) is 9.54. The molecule has 0 aliphatic heterocycles. The number of nitrogens with two attached hydrogens (primary N) is 1. The summed E-state index contributed by atoms with van der Waals surface area (Å²) >= 11 is 0. The minimum Gasteiger partial charge on any atom is -0.507 e. The monoisotopic (exact) mass is 265 g/mol. The van der Waals surface area contributed by atoms with Crippen molar-refractivity contribution in [2.45, 2.75) is 13.5 Å². The van der Waals surface area contributed by atoms with Crippen LogP contribution in [0.1, 0.15) is 21.9 Å². The van der Waals surface area contributed by atoms with Crippen LogP contribution in [0.3, 0.4) is 0 Å². The summed E-state index contributed by atoms with van der Waals surface area (Å²) in [4.78, 5) is 22.5. The van der Waals surface area contributed by atoms with Crippen molar-refractivity contribution in [2.24, 2.45) is 0 Å². The third kappa shape index (κ3) is 2.76. The van der Waals surface area contributed by atoms with Crippen LogP contribution >= 0.6 is 0 Å². The van der Waals surface area contributed by atoms with Gasteiger partial charge in [-0.1, -0.05) is 0 Å². The fraction of sp³-hybridized carbons (Fsp3) is 0.167. The van der Waals surface area contributed by atoms with E-state index in [1.165, 1.54) is 25.1 Å². The van der Waals surface area contributed by atoms with E-state index in [1.807, 2.05) is 0 Å². The van der Waals surface area contributed by atoms with Crippen molar-refractivity contribution in [1.29, 1.82) is 0 Å². The molecule has 1 aromatic carbocycles. The van der Waals surface area contributed by atoms with E-state index < -0.39 is 11.8 Å². The molecule has 0 atom stereocenters. The third-order valence-electron chi connectivity index (χ3n) is 2.41. The summed E-state index contributed by atoms with van der Waals surface area (Å²) < 4.78 is 14.2. The van der Waals surface area contributed by atoms with Crippen molar-refractivity contribution in [3.8, 4) is 5.75 Å². The highest BCUT2D eigenvalue weighted by Gasteiger charge is 2.15. The molecule has 7 nitrogen and oxygen atoms in total. The van der Waals surface area contributed by atoms with Gasteiger partial charge in [0.15, 0.2) is 18.1 Å². The largest absolute Gasteiger partial charge is 0.519 e. The van der Waals surface area contributed by atoms with Crippen molar-refractivity contribution in [1.82, 2.24) is 0 Å². The first-order chi connectivity index (χ1) is 8.97. The molecule has 0 unspecified atom stereocenters. The van der Waals surface area contributed by atoms with Crippen LogP contribution in [-0.4, -0.2) is 11.1 Å². The summed E-state index contributed by atoms with van der Waals surface area (Å²) in [6.07, 6.45) is 0. The van der Waals surface area contributed by atoms with E-state index >= 15 is 0 Å². The zero-order chi connectivity index (χ0) is 14.0. The molecular weight excluding hydrogens is 254 g/mol. The van der Waals surface area contributed by atoms with Gasteiger partial charge in [0.2, 0.25) is 0 Å². The lowest BCUT2D eigenvalue weighted by atomic mass is 10.2. The maximum atomic E-state index is 11.7. The number of aromatic hydroxyl groups is 1. The number of phenolic OH excluding ortho intramolecular Hbond substituents is 1. The number of hydrogen-bond acceptors (Lipinski definition) is 7. The quantitative estimate of drug-likeness (QED) is 0.632. The first-order valence-electron chi connectivity index (χ1n) is 5.32. The van der Waals surface area contributed by atoms with Gasteiger partial charge in [0.05, 0.1) is 0 Å². The van der Waals surface area contributed by atoms with Crippen LogP contribution in [0.25, 0.3) is 0 Å². The zero-order valence-electron chi connectivity index (χ0n) is 10.0. The number of rotatable bonds is 3. The number of carbonyl (C=O) groups excluding carboxylic acids is 1. The number of anilines is 1. The fourth-order valence-electron chi connectivity index (χ4n) is 1.44. The maximum Gasteiger partial charge on any atom is 0.519 e. The second kappa shape index (κ2) is 4.89. The van der Waals surface area contributed by atoms with Gasteiger partial charge in [-0.2, -0.15) is 0 Å². The highest BCUT2D eigenvalue weighted by atomic mass is 16.6. The molecule has 0 bridgehead atoms. The molecule has 19 heavy (non-hydrogen) atoms. The lowest BCUT2D eigenvalue weighted by Gasteiger charge is -2.05. The molecule has 0 aliphatic carbocycles. The van der Waals surface area contributed by atoms with E-state index in [0.29, 0.717) is 5.69 Å². The number of benzene rings is 1. The average Bonchev–Trinajstić information content (AvgIpc) is 2.65. The molecule has 2 rings (SSSR count). The van der Waals surface area contributed by atoms with Gasteiger partial charge in [-0.05, 0) is 19.1 Å². The van der Waals surface area contributed by atoms with E-state index in [9.17, 15) is 14.7 Å². The molecule has 1 heterocycles. The highest BCUT2D eigenvalue weighted by molar-refractivity contribution is 5.92. The third-order valence-corrected chi connectivity index (χ3v) is 2.41. The molecule has 100 valence electrons. The van der Waals surface area contributed by atoms with Gasteiger partial charge >= 0.3 is 11.8 Å². The Balaban J connectivity index is 2.09. The molecule has 0 aliphatic rings. The molecule has 7 heteroatoms. The van der Waals surface area contributed by atoms with Crippen molar-refractivity contribution in [2.75, 3.05) is 5.73 Å². The summed E-state index contributed by atoms with van der Waals surface area (Å²) in [5.74, 6) is -1.55. The second-order valence-electron chi connectivity index (χ2n) is 3.79. The standard InChI is InChI=1S/C12H11NO6/c1-6-10(19-12(16)18-6)5-17-11(15)8-3-2-7(13)4-9(8)14/h2-4,14H,5,13H2,1H3. The predicted molar refractivity (Wildman–Crippen MR) is 63.6 cm³/mol.